The molecule has 0 bridgehead atoms. The van der Waals surface area contributed by atoms with E-state index in [0.29, 0.717) is 18.2 Å². The van der Waals surface area contributed by atoms with Gasteiger partial charge in [-0.25, -0.2) is 13.1 Å². The van der Waals surface area contributed by atoms with E-state index in [1.807, 2.05) is 4.72 Å². The molecular weight excluding hydrogens is 476 g/mol. The molecule has 0 saturated heterocycles. The van der Waals surface area contributed by atoms with Crippen molar-refractivity contribution in [3.8, 4) is 0 Å². The molecule has 14 heteroatoms. The van der Waals surface area contributed by atoms with Gasteiger partial charge in [-0.1, -0.05) is 12.1 Å². The molecule has 0 amide bonds. The van der Waals surface area contributed by atoms with Crippen molar-refractivity contribution in [1.29, 1.82) is 0 Å². The number of benzene rings is 2. The first-order valence-corrected chi connectivity index (χ1v) is 11.2. The molecular formula is C17H15F6NO5S2. The van der Waals surface area contributed by atoms with Crippen molar-refractivity contribution in [2.45, 2.75) is 41.5 Å². The van der Waals surface area contributed by atoms with E-state index in [4.69, 9.17) is 0 Å². The van der Waals surface area contributed by atoms with E-state index in [1.165, 1.54) is 6.92 Å². The van der Waals surface area contributed by atoms with Crippen molar-refractivity contribution >= 4 is 20.1 Å². The van der Waals surface area contributed by atoms with Gasteiger partial charge in [0, 0.05) is 6.04 Å². The minimum atomic E-state index is -5.08. The van der Waals surface area contributed by atoms with Crippen LogP contribution in [0.2, 0.25) is 0 Å². The van der Waals surface area contributed by atoms with Gasteiger partial charge in [-0.2, -0.15) is 34.8 Å². The predicted molar refractivity (Wildman–Crippen MR) is 96.2 cm³/mol. The van der Waals surface area contributed by atoms with Gasteiger partial charge in [-0.15, -0.1) is 0 Å². The molecule has 0 aliphatic rings. The molecule has 0 radical (unpaired) electrons. The summed E-state index contributed by atoms with van der Waals surface area (Å²) in [6.45, 7) is 1.22. The number of halogens is 6. The molecule has 172 valence electrons. The Morgan fingerprint density at radius 1 is 0.903 bits per heavy atom. The van der Waals surface area contributed by atoms with Gasteiger partial charge in [0.25, 0.3) is 10.1 Å². The number of rotatable bonds is 6. The maximum atomic E-state index is 12.8. The Morgan fingerprint density at radius 2 is 1.45 bits per heavy atom. The second kappa shape index (κ2) is 8.41. The topological polar surface area (TPSA) is 101 Å². The maximum Gasteiger partial charge on any atom is 0.416 e. The number of hydrogen-bond donors (Lipinski definition) is 2. The minimum absolute atomic E-state index is 0.207. The molecule has 2 aromatic carbocycles. The normalized spacial score (nSPS) is 14.5. The van der Waals surface area contributed by atoms with E-state index in [0.717, 1.165) is 18.2 Å². The Labute approximate surface area is 173 Å². The predicted octanol–water partition coefficient (Wildman–Crippen LogP) is 3.88. The maximum absolute atomic E-state index is 12.8. The van der Waals surface area contributed by atoms with Crippen LogP contribution in [0.15, 0.2) is 52.3 Å². The van der Waals surface area contributed by atoms with Crippen LogP contribution in [-0.4, -0.2) is 27.4 Å². The zero-order chi connectivity index (χ0) is 23.8. The summed E-state index contributed by atoms with van der Waals surface area (Å²) in [5, 5.41) is 0. The number of alkyl halides is 6. The zero-order valence-electron chi connectivity index (χ0n) is 15.5. The second-order valence-electron chi connectivity index (χ2n) is 6.55. The molecule has 0 aromatic heterocycles. The van der Waals surface area contributed by atoms with Gasteiger partial charge < -0.3 is 0 Å². The van der Waals surface area contributed by atoms with Crippen LogP contribution in [0.4, 0.5) is 26.3 Å². The van der Waals surface area contributed by atoms with Crippen molar-refractivity contribution in [3.05, 3.63) is 59.2 Å². The lowest BCUT2D eigenvalue weighted by molar-refractivity contribution is -0.138. The zero-order valence-corrected chi connectivity index (χ0v) is 17.1. The van der Waals surface area contributed by atoms with E-state index >= 15 is 0 Å². The van der Waals surface area contributed by atoms with Gasteiger partial charge in [0.2, 0.25) is 10.0 Å². The summed E-state index contributed by atoms with van der Waals surface area (Å²) in [6.07, 6.45) is -10.2. The molecule has 0 saturated carbocycles. The molecule has 31 heavy (non-hydrogen) atoms. The molecule has 0 heterocycles. The lowest BCUT2D eigenvalue weighted by Gasteiger charge is -2.17. The van der Waals surface area contributed by atoms with Gasteiger partial charge in [-0.3, -0.25) is 4.55 Å². The highest BCUT2D eigenvalue weighted by Gasteiger charge is 2.34. The fraction of sp³-hybridized carbons (Fsp3) is 0.294. The Kier molecular flexibility index (Phi) is 6.81. The van der Waals surface area contributed by atoms with Gasteiger partial charge in [-0.05, 0) is 49.2 Å². The summed E-state index contributed by atoms with van der Waals surface area (Å²) < 4.78 is 136. The second-order valence-corrected chi connectivity index (χ2v) is 9.65. The molecule has 2 aromatic rings. The SMILES string of the molecule is CC(Cc1ccc(C(F)(F)F)cc1S(=O)(=O)O)NS(=O)(=O)c1cccc(C(F)(F)F)c1. The smallest absolute Gasteiger partial charge is 0.282 e. The highest BCUT2D eigenvalue weighted by molar-refractivity contribution is 7.89. The van der Waals surface area contributed by atoms with Crippen molar-refractivity contribution < 1.29 is 47.7 Å². The van der Waals surface area contributed by atoms with Crippen molar-refractivity contribution in [3.63, 3.8) is 0 Å². The third kappa shape index (κ3) is 6.41. The highest BCUT2D eigenvalue weighted by atomic mass is 32.2. The van der Waals surface area contributed by atoms with Gasteiger partial charge in [0.1, 0.15) is 0 Å². The van der Waals surface area contributed by atoms with Crippen LogP contribution in [0.25, 0.3) is 0 Å². The van der Waals surface area contributed by atoms with Crippen LogP contribution in [-0.2, 0) is 38.9 Å². The molecule has 0 fully saturated rings. The Bertz CT molecular complexity index is 1170. The van der Waals surface area contributed by atoms with Gasteiger partial charge in [0.05, 0.1) is 20.9 Å². The van der Waals surface area contributed by atoms with Crippen LogP contribution in [0, 0.1) is 0 Å². The van der Waals surface area contributed by atoms with E-state index < -0.39 is 65.9 Å². The third-order valence-corrected chi connectivity index (χ3v) is 6.55. The first kappa shape index (κ1) is 25.1. The molecule has 0 aliphatic carbocycles. The van der Waals surface area contributed by atoms with E-state index in [2.05, 4.69) is 0 Å². The Hall–Kier alpha value is -2.16. The lowest BCUT2D eigenvalue weighted by atomic mass is 10.1. The molecule has 6 nitrogen and oxygen atoms in total. The molecule has 0 aliphatic heterocycles. The first-order chi connectivity index (χ1) is 13.9. The fourth-order valence-electron chi connectivity index (χ4n) is 2.68. The van der Waals surface area contributed by atoms with Crippen LogP contribution in [0.5, 0.6) is 0 Å². The molecule has 1 atom stereocenters. The summed E-state index contributed by atoms with van der Waals surface area (Å²) in [6, 6.07) is 3.23. The van der Waals surface area contributed by atoms with Crippen LogP contribution < -0.4 is 4.72 Å². The van der Waals surface area contributed by atoms with Crippen molar-refractivity contribution in [1.82, 2.24) is 4.72 Å². The number of sulfonamides is 1. The first-order valence-electron chi connectivity index (χ1n) is 8.28. The van der Waals surface area contributed by atoms with Crippen molar-refractivity contribution in [2.24, 2.45) is 0 Å². The van der Waals surface area contributed by atoms with Gasteiger partial charge >= 0.3 is 12.4 Å². The Balaban J connectivity index is 2.33. The molecule has 1 unspecified atom stereocenters. The van der Waals surface area contributed by atoms with Crippen LogP contribution in [0.3, 0.4) is 0 Å². The largest absolute Gasteiger partial charge is 0.416 e. The monoisotopic (exact) mass is 491 g/mol. The Morgan fingerprint density at radius 3 is 1.97 bits per heavy atom. The van der Waals surface area contributed by atoms with E-state index in [1.54, 1.807) is 0 Å². The summed E-state index contributed by atoms with van der Waals surface area (Å²) in [5.41, 5.74) is -2.88. The van der Waals surface area contributed by atoms with Crippen molar-refractivity contribution in [2.75, 3.05) is 0 Å². The lowest BCUT2D eigenvalue weighted by Crippen LogP contribution is -2.34. The summed E-state index contributed by atoms with van der Waals surface area (Å²) in [5.74, 6) is 0. The summed E-state index contributed by atoms with van der Waals surface area (Å²) >= 11 is 0. The number of hydrogen-bond acceptors (Lipinski definition) is 4. The third-order valence-electron chi connectivity index (χ3n) is 4.03. The molecule has 2 N–H and O–H groups in total. The van der Waals surface area contributed by atoms with Crippen LogP contribution >= 0.6 is 0 Å². The number of nitrogens with one attached hydrogen (secondary N) is 1. The van der Waals surface area contributed by atoms with Crippen LogP contribution in [0.1, 0.15) is 23.6 Å². The minimum Gasteiger partial charge on any atom is -0.282 e. The highest BCUT2D eigenvalue weighted by Crippen LogP contribution is 2.33. The van der Waals surface area contributed by atoms with Gasteiger partial charge in [0.15, 0.2) is 0 Å². The summed E-state index contributed by atoms with van der Waals surface area (Å²) in [4.78, 5) is -1.77. The molecule has 2 rings (SSSR count). The standard InChI is InChI=1S/C17H15F6NO5S2/c1-10(24-30(25,26)14-4-2-3-12(8-14)16(18,19)20)7-11-5-6-13(17(21,22)23)9-15(11)31(27,28)29/h2-6,8-10,24H,7H2,1H3,(H,27,28,29). The average molecular weight is 491 g/mol. The van der Waals surface area contributed by atoms with E-state index in [-0.39, 0.29) is 11.6 Å². The molecule has 0 spiro atoms. The summed E-state index contributed by atoms with van der Waals surface area (Å²) in [7, 11) is -9.57. The quantitative estimate of drug-likeness (QED) is 0.472. The van der Waals surface area contributed by atoms with E-state index in [9.17, 15) is 47.7 Å². The fourth-order valence-corrected chi connectivity index (χ4v) is 4.73. The average Bonchev–Trinajstić information content (AvgIpc) is 2.59.